The van der Waals surface area contributed by atoms with Gasteiger partial charge in [0.1, 0.15) is 24.3 Å². The van der Waals surface area contributed by atoms with Crippen LogP contribution in [0.3, 0.4) is 0 Å². The van der Waals surface area contributed by atoms with E-state index in [1.807, 2.05) is 60.9 Å². The Morgan fingerprint density at radius 1 is 0.837 bits per heavy atom. The molecule has 9 heteroatoms. The van der Waals surface area contributed by atoms with E-state index in [0.717, 1.165) is 27.8 Å². The molecule has 8 nitrogen and oxygen atoms in total. The van der Waals surface area contributed by atoms with Gasteiger partial charge >= 0.3 is 12.1 Å². The lowest BCUT2D eigenvalue weighted by molar-refractivity contribution is -0.320. The summed E-state index contributed by atoms with van der Waals surface area (Å²) in [6.07, 6.45) is -2.95. The zero-order valence-electron chi connectivity index (χ0n) is 24.6. The van der Waals surface area contributed by atoms with Gasteiger partial charge in [0.15, 0.2) is 18.5 Å². The molecule has 0 radical (unpaired) electrons. The van der Waals surface area contributed by atoms with Gasteiger partial charge in [-0.2, -0.15) is 0 Å². The van der Waals surface area contributed by atoms with Crippen molar-refractivity contribution in [2.45, 2.75) is 62.8 Å². The maximum atomic E-state index is 13.4. The van der Waals surface area contributed by atoms with E-state index in [2.05, 4.69) is 24.3 Å². The summed E-state index contributed by atoms with van der Waals surface area (Å²) in [5.74, 6) is -0.566. The molecule has 3 aromatic rings. The SMILES string of the molecule is CSC1O[C@@H]2COC(c3ccccc3)O[C@@H]2[C@H](OC(=O)OCC2c3ccccc3-c3ccccc32)[C@H]1OC(=O)C(C)(C)C. The van der Waals surface area contributed by atoms with Gasteiger partial charge < -0.3 is 28.4 Å². The van der Waals surface area contributed by atoms with Crippen LogP contribution in [-0.4, -0.2) is 61.4 Å². The topological polar surface area (TPSA) is 89.5 Å². The van der Waals surface area contributed by atoms with Crippen molar-refractivity contribution < 1.29 is 38.0 Å². The number of hydrogen-bond acceptors (Lipinski definition) is 9. The van der Waals surface area contributed by atoms with Crippen LogP contribution in [0.5, 0.6) is 0 Å². The van der Waals surface area contributed by atoms with Gasteiger partial charge in [0.2, 0.25) is 0 Å². The van der Waals surface area contributed by atoms with Crippen LogP contribution in [0.15, 0.2) is 78.9 Å². The lowest BCUT2D eigenvalue weighted by Crippen LogP contribution is -2.63. The number of hydrogen-bond donors (Lipinski definition) is 0. The van der Waals surface area contributed by atoms with E-state index < -0.39 is 53.7 Å². The van der Waals surface area contributed by atoms with Gasteiger partial charge in [-0.05, 0) is 49.3 Å². The van der Waals surface area contributed by atoms with Crippen molar-refractivity contribution >= 4 is 23.9 Å². The molecule has 2 saturated heterocycles. The molecule has 0 aromatic heterocycles. The maximum absolute atomic E-state index is 13.4. The van der Waals surface area contributed by atoms with Crippen LogP contribution >= 0.6 is 11.8 Å². The Morgan fingerprint density at radius 2 is 1.47 bits per heavy atom. The second-order valence-corrected chi connectivity index (χ2v) is 12.9. The van der Waals surface area contributed by atoms with Gasteiger partial charge in [0, 0.05) is 11.5 Å². The van der Waals surface area contributed by atoms with Gasteiger partial charge in [0.05, 0.1) is 12.0 Å². The molecule has 3 aliphatic rings. The van der Waals surface area contributed by atoms with Gasteiger partial charge in [-0.15, -0.1) is 11.8 Å². The molecular formula is C34H36O8S. The lowest BCUT2D eigenvalue weighted by Gasteiger charge is -2.48. The number of ether oxygens (including phenoxy) is 6. The first-order valence-corrected chi connectivity index (χ1v) is 15.8. The van der Waals surface area contributed by atoms with Crippen LogP contribution in [0, 0.1) is 5.41 Å². The first-order chi connectivity index (χ1) is 20.7. The molecule has 0 spiro atoms. The summed E-state index contributed by atoms with van der Waals surface area (Å²) in [6.45, 7) is 5.63. The molecule has 2 fully saturated rings. The van der Waals surface area contributed by atoms with Crippen LogP contribution in [-0.2, 0) is 33.2 Å². The van der Waals surface area contributed by atoms with Gasteiger partial charge in [-0.25, -0.2) is 4.79 Å². The number of fused-ring (bicyclic) bond motifs is 4. The molecule has 0 amide bonds. The van der Waals surface area contributed by atoms with Crippen molar-refractivity contribution in [1.29, 1.82) is 0 Å². The first kappa shape index (κ1) is 29.7. The quantitative estimate of drug-likeness (QED) is 0.293. The number of thioether (sulfide) groups is 1. The van der Waals surface area contributed by atoms with E-state index in [9.17, 15) is 9.59 Å². The van der Waals surface area contributed by atoms with Crippen molar-refractivity contribution in [3.05, 3.63) is 95.6 Å². The highest BCUT2D eigenvalue weighted by atomic mass is 32.2. The molecule has 0 N–H and O–H groups in total. The minimum absolute atomic E-state index is 0.0964. The summed E-state index contributed by atoms with van der Waals surface area (Å²) < 4.78 is 36.5. The zero-order valence-corrected chi connectivity index (χ0v) is 25.5. The molecule has 6 atom stereocenters. The van der Waals surface area contributed by atoms with Crippen molar-refractivity contribution in [2.75, 3.05) is 19.5 Å². The van der Waals surface area contributed by atoms with Gasteiger partial charge in [-0.3, -0.25) is 4.79 Å². The average molecular weight is 605 g/mol. The summed E-state index contributed by atoms with van der Waals surface area (Å²) in [4.78, 5) is 26.5. The summed E-state index contributed by atoms with van der Waals surface area (Å²) in [5.41, 5.74) is 3.88. The third-order valence-electron chi connectivity index (χ3n) is 8.01. The van der Waals surface area contributed by atoms with Crippen LogP contribution in [0.2, 0.25) is 0 Å². The highest BCUT2D eigenvalue weighted by Gasteiger charge is 2.54. The monoisotopic (exact) mass is 604 g/mol. The molecule has 0 saturated carbocycles. The fourth-order valence-electron chi connectivity index (χ4n) is 5.81. The summed E-state index contributed by atoms with van der Waals surface area (Å²) in [5, 5.41) is 0. The molecule has 6 rings (SSSR count). The van der Waals surface area contributed by atoms with E-state index in [1.165, 1.54) is 11.8 Å². The van der Waals surface area contributed by atoms with E-state index in [0.29, 0.717) is 0 Å². The second kappa shape index (κ2) is 12.3. The maximum Gasteiger partial charge on any atom is 0.508 e. The van der Waals surface area contributed by atoms with Crippen molar-refractivity contribution in [2.24, 2.45) is 5.41 Å². The Labute approximate surface area is 255 Å². The van der Waals surface area contributed by atoms with Gasteiger partial charge in [-0.1, -0.05) is 78.9 Å². The van der Waals surface area contributed by atoms with Crippen LogP contribution in [0.1, 0.15) is 49.7 Å². The molecule has 226 valence electrons. The minimum Gasteiger partial charge on any atom is -0.454 e. The number of benzene rings is 3. The van der Waals surface area contributed by atoms with Crippen molar-refractivity contribution in [3.63, 3.8) is 0 Å². The fraction of sp³-hybridized carbons (Fsp3) is 0.412. The van der Waals surface area contributed by atoms with E-state index in [-0.39, 0.29) is 19.1 Å². The number of carbonyl (C=O) groups excluding carboxylic acids is 2. The van der Waals surface area contributed by atoms with E-state index in [1.54, 1.807) is 20.8 Å². The summed E-state index contributed by atoms with van der Waals surface area (Å²) >= 11 is 1.37. The highest BCUT2D eigenvalue weighted by Crippen LogP contribution is 2.45. The van der Waals surface area contributed by atoms with Gasteiger partial charge in [0.25, 0.3) is 0 Å². The normalized spacial score (nSPS) is 26.5. The standard InChI is InChI=1S/C34H36O8S/c1-34(2,3)32(35)41-29-28(27-26(39-31(29)43-4)19-37-30(40-27)20-12-6-5-7-13-20)42-33(36)38-18-25-23-16-10-8-14-21(23)22-15-9-11-17-24(22)25/h5-17,25-31H,18-19H2,1-4H3/t26-,27+,28+,29-,30?,31?/m1/s1. The average Bonchev–Trinajstić information content (AvgIpc) is 3.34. The number of esters is 1. The Morgan fingerprint density at radius 3 is 2.09 bits per heavy atom. The molecule has 0 bridgehead atoms. The van der Waals surface area contributed by atoms with Crippen LogP contribution in [0.4, 0.5) is 4.79 Å². The highest BCUT2D eigenvalue weighted by molar-refractivity contribution is 7.99. The van der Waals surface area contributed by atoms with Crippen molar-refractivity contribution in [1.82, 2.24) is 0 Å². The lowest BCUT2D eigenvalue weighted by atomic mass is 9.95. The Balaban J connectivity index is 1.24. The Bertz CT molecular complexity index is 1410. The Hall–Kier alpha value is -3.37. The molecule has 2 unspecified atom stereocenters. The smallest absolute Gasteiger partial charge is 0.454 e. The van der Waals surface area contributed by atoms with Crippen LogP contribution < -0.4 is 0 Å². The summed E-state index contributed by atoms with van der Waals surface area (Å²) in [7, 11) is 0. The Kier molecular flexibility index (Phi) is 8.51. The number of carbonyl (C=O) groups is 2. The first-order valence-electron chi connectivity index (χ1n) is 14.5. The molecular weight excluding hydrogens is 568 g/mol. The predicted octanol–water partition coefficient (Wildman–Crippen LogP) is 6.48. The van der Waals surface area contributed by atoms with E-state index in [4.69, 9.17) is 28.4 Å². The zero-order chi connectivity index (χ0) is 30.1. The fourth-order valence-corrected chi connectivity index (χ4v) is 6.54. The molecule has 2 heterocycles. The third kappa shape index (κ3) is 6.04. The number of rotatable bonds is 6. The molecule has 43 heavy (non-hydrogen) atoms. The molecule has 1 aliphatic carbocycles. The second-order valence-electron chi connectivity index (χ2n) is 11.9. The van der Waals surface area contributed by atoms with Crippen LogP contribution in [0.25, 0.3) is 11.1 Å². The molecule has 3 aromatic carbocycles. The van der Waals surface area contributed by atoms with Crippen molar-refractivity contribution in [3.8, 4) is 11.1 Å². The van der Waals surface area contributed by atoms with E-state index >= 15 is 0 Å². The largest absolute Gasteiger partial charge is 0.508 e. The predicted molar refractivity (Wildman–Crippen MR) is 161 cm³/mol. The summed E-state index contributed by atoms with van der Waals surface area (Å²) in [6, 6.07) is 25.8. The molecule has 2 aliphatic heterocycles. The third-order valence-corrected chi connectivity index (χ3v) is 8.85. The minimum atomic E-state index is -0.992.